The number of pyridine rings is 1. The Bertz CT molecular complexity index is 702. The molecule has 2 rings (SSSR count). The van der Waals surface area contributed by atoms with Crippen molar-refractivity contribution in [3.8, 4) is 0 Å². The zero-order chi connectivity index (χ0) is 20.2. The molecule has 0 saturated carbocycles. The third kappa shape index (κ3) is 9.14. The van der Waals surface area contributed by atoms with Crippen LogP contribution in [-0.4, -0.2) is 69.6 Å². The van der Waals surface area contributed by atoms with Crippen LogP contribution in [0.5, 0.6) is 0 Å². The highest BCUT2D eigenvalue weighted by molar-refractivity contribution is 14.0. The first kappa shape index (κ1) is 26.1. The van der Waals surface area contributed by atoms with Gasteiger partial charge in [0.15, 0.2) is 5.96 Å². The molecule has 0 amide bonds. The van der Waals surface area contributed by atoms with Gasteiger partial charge < -0.3 is 10.6 Å². The van der Waals surface area contributed by atoms with Gasteiger partial charge in [-0.15, -0.1) is 24.0 Å². The maximum atomic E-state index is 12.2. The first-order valence-corrected chi connectivity index (χ1v) is 11.7. The highest BCUT2D eigenvalue weighted by Gasteiger charge is 2.20. The number of hydrogen-bond donors (Lipinski definition) is 3. The maximum Gasteiger partial charge on any atom is 0.242 e. The molecule has 0 spiro atoms. The largest absolute Gasteiger partial charge is 0.357 e. The van der Waals surface area contributed by atoms with Gasteiger partial charge in [-0.2, -0.15) is 0 Å². The number of nitrogens with zero attached hydrogens (tertiary/aromatic N) is 3. The summed E-state index contributed by atoms with van der Waals surface area (Å²) in [5, 5.41) is 6.56. The van der Waals surface area contributed by atoms with E-state index < -0.39 is 10.0 Å². The minimum Gasteiger partial charge on any atom is -0.357 e. The van der Waals surface area contributed by atoms with E-state index >= 15 is 0 Å². The predicted octanol–water partition coefficient (Wildman–Crippen LogP) is 1.80. The second kappa shape index (κ2) is 14.1. The van der Waals surface area contributed by atoms with Crippen molar-refractivity contribution in [1.29, 1.82) is 0 Å². The summed E-state index contributed by atoms with van der Waals surface area (Å²) < 4.78 is 26.9. The molecule has 1 aliphatic rings. The summed E-state index contributed by atoms with van der Waals surface area (Å²) in [7, 11) is -3.54. The Morgan fingerprint density at radius 1 is 1.28 bits per heavy atom. The predicted molar refractivity (Wildman–Crippen MR) is 128 cm³/mol. The number of rotatable bonds is 10. The van der Waals surface area contributed by atoms with Crippen LogP contribution in [0.3, 0.4) is 0 Å². The molecule has 0 aliphatic carbocycles. The summed E-state index contributed by atoms with van der Waals surface area (Å²) in [5.41, 5.74) is 0. The number of sulfonamides is 1. The van der Waals surface area contributed by atoms with E-state index in [2.05, 4.69) is 37.2 Å². The number of guanidine groups is 1. The lowest BCUT2D eigenvalue weighted by Crippen LogP contribution is -2.46. The number of nitrogens with one attached hydrogen (secondary N) is 3. The van der Waals surface area contributed by atoms with Gasteiger partial charge in [0.2, 0.25) is 10.0 Å². The van der Waals surface area contributed by atoms with E-state index in [1.807, 2.05) is 6.92 Å². The van der Waals surface area contributed by atoms with Crippen LogP contribution in [0.15, 0.2) is 34.4 Å². The molecule has 1 fully saturated rings. The molecule has 1 aliphatic heterocycles. The normalized spacial score (nSPS) is 18.1. The molecule has 1 atom stereocenters. The smallest absolute Gasteiger partial charge is 0.242 e. The summed E-state index contributed by atoms with van der Waals surface area (Å²) in [6.45, 7) is 8.61. The number of hydrogen-bond acceptors (Lipinski definition) is 5. The van der Waals surface area contributed by atoms with Crippen LogP contribution in [0.1, 0.15) is 39.5 Å². The van der Waals surface area contributed by atoms with E-state index in [0.29, 0.717) is 18.5 Å². The molecule has 29 heavy (non-hydrogen) atoms. The molecule has 8 nitrogen and oxygen atoms in total. The Morgan fingerprint density at radius 3 is 2.79 bits per heavy atom. The quantitative estimate of drug-likeness (QED) is 0.182. The maximum absolute atomic E-state index is 12.2. The molecule has 0 radical (unpaired) electrons. The summed E-state index contributed by atoms with van der Waals surface area (Å²) >= 11 is 0. The SMILES string of the molecule is CCNC(=NCCNS(=O)(=O)c1cccnc1)NCCN1CCCCC1CC.I. The van der Waals surface area contributed by atoms with Crippen molar-refractivity contribution in [3.63, 3.8) is 0 Å². The highest BCUT2D eigenvalue weighted by atomic mass is 127. The second-order valence-electron chi connectivity index (χ2n) is 6.87. The lowest BCUT2D eigenvalue weighted by Gasteiger charge is -2.35. The van der Waals surface area contributed by atoms with Gasteiger partial charge in [-0.05, 0) is 44.9 Å². The summed E-state index contributed by atoms with van der Waals surface area (Å²) in [4.78, 5) is 11.0. The van der Waals surface area contributed by atoms with Crippen LogP contribution in [0.4, 0.5) is 0 Å². The van der Waals surface area contributed by atoms with E-state index in [1.165, 1.54) is 44.5 Å². The molecule has 10 heteroatoms. The molecule has 2 heterocycles. The third-order valence-electron chi connectivity index (χ3n) is 4.87. The molecular weight excluding hydrogens is 503 g/mol. The van der Waals surface area contributed by atoms with Crippen LogP contribution in [0.25, 0.3) is 0 Å². The van der Waals surface area contributed by atoms with Crippen molar-refractivity contribution in [1.82, 2.24) is 25.2 Å². The minimum absolute atomic E-state index is 0. The Kier molecular flexibility index (Phi) is 12.7. The van der Waals surface area contributed by atoms with E-state index in [1.54, 1.807) is 12.3 Å². The lowest BCUT2D eigenvalue weighted by atomic mass is 10.0. The molecular formula is C19H35IN6O2S. The van der Waals surface area contributed by atoms with Crippen molar-refractivity contribution in [3.05, 3.63) is 24.5 Å². The fourth-order valence-electron chi connectivity index (χ4n) is 3.41. The first-order chi connectivity index (χ1) is 13.6. The van der Waals surface area contributed by atoms with Gasteiger partial charge in [0.1, 0.15) is 4.90 Å². The monoisotopic (exact) mass is 538 g/mol. The van der Waals surface area contributed by atoms with Gasteiger partial charge in [0.25, 0.3) is 0 Å². The number of likely N-dealkylation sites (tertiary alicyclic amines) is 1. The fourth-order valence-corrected chi connectivity index (χ4v) is 4.40. The molecule has 0 aromatic carbocycles. The van der Waals surface area contributed by atoms with Crippen molar-refractivity contribution in [2.45, 2.75) is 50.5 Å². The topological polar surface area (TPSA) is 98.7 Å². The van der Waals surface area contributed by atoms with E-state index in [0.717, 1.165) is 19.6 Å². The third-order valence-corrected chi connectivity index (χ3v) is 6.32. The molecule has 1 aromatic rings. The zero-order valence-electron chi connectivity index (χ0n) is 17.4. The molecule has 1 aromatic heterocycles. The van der Waals surface area contributed by atoms with E-state index in [4.69, 9.17) is 0 Å². The van der Waals surface area contributed by atoms with Crippen LogP contribution in [0, 0.1) is 0 Å². The molecule has 166 valence electrons. The van der Waals surface area contributed by atoms with Crippen LogP contribution < -0.4 is 15.4 Å². The van der Waals surface area contributed by atoms with Crippen LogP contribution in [-0.2, 0) is 10.0 Å². The van der Waals surface area contributed by atoms with Crippen molar-refractivity contribution >= 4 is 40.0 Å². The van der Waals surface area contributed by atoms with Crippen LogP contribution >= 0.6 is 24.0 Å². The number of aliphatic imine (C=N–C) groups is 1. The van der Waals surface area contributed by atoms with Gasteiger partial charge in [0.05, 0.1) is 6.54 Å². The summed E-state index contributed by atoms with van der Waals surface area (Å²) in [5.74, 6) is 0.716. The average molecular weight is 539 g/mol. The number of halogens is 1. The number of piperidine rings is 1. The molecule has 1 unspecified atom stereocenters. The number of aromatic nitrogens is 1. The van der Waals surface area contributed by atoms with Crippen molar-refractivity contribution < 1.29 is 8.42 Å². The fraction of sp³-hybridized carbons (Fsp3) is 0.684. The molecule has 3 N–H and O–H groups in total. The van der Waals surface area contributed by atoms with Gasteiger partial charge >= 0.3 is 0 Å². The Hall–Kier alpha value is -0.980. The van der Waals surface area contributed by atoms with Crippen molar-refractivity contribution in [2.75, 3.05) is 39.3 Å². The average Bonchev–Trinajstić information content (AvgIpc) is 2.72. The van der Waals surface area contributed by atoms with Crippen molar-refractivity contribution in [2.24, 2.45) is 4.99 Å². The Morgan fingerprint density at radius 2 is 2.10 bits per heavy atom. The standard InChI is InChI=1S/C19H34N6O2S.HI/c1-3-17-8-5-6-14-25(17)15-13-23-19(21-4-2)22-11-12-24-28(26,27)18-9-7-10-20-16-18;/h7,9-10,16-17,24H,3-6,8,11-15H2,1-2H3,(H2,21,22,23);1H. The van der Waals surface area contributed by atoms with E-state index in [9.17, 15) is 8.42 Å². The molecule has 0 bridgehead atoms. The first-order valence-electron chi connectivity index (χ1n) is 10.2. The zero-order valence-corrected chi connectivity index (χ0v) is 20.6. The lowest BCUT2D eigenvalue weighted by molar-refractivity contribution is 0.147. The molecule has 1 saturated heterocycles. The van der Waals surface area contributed by atoms with Gasteiger partial charge in [0, 0.05) is 44.6 Å². The van der Waals surface area contributed by atoms with Gasteiger partial charge in [-0.3, -0.25) is 14.9 Å². The summed E-state index contributed by atoms with van der Waals surface area (Å²) in [6.07, 6.45) is 7.99. The minimum atomic E-state index is -3.54. The van der Waals surface area contributed by atoms with Gasteiger partial charge in [-0.1, -0.05) is 13.3 Å². The summed E-state index contributed by atoms with van der Waals surface area (Å²) in [6, 6.07) is 3.82. The Labute approximate surface area is 192 Å². The second-order valence-corrected chi connectivity index (χ2v) is 8.63. The van der Waals surface area contributed by atoms with Gasteiger partial charge in [-0.25, -0.2) is 13.1 Å². The highest BCUT2D eigenvalue weighted by Crippen LogP contribution is 2.18. The van der Waals surface area contributed by atoms with E-state index in [-0.39, 0.29) is 35.4 Å². The van der Waals surface area contributed by atoms with Crippen LogP contribution in [0.2, 0.25) is 0 Å². The Balaban J connectivity index is 0.00000420.